The summed E-state index contributed by atoms with van der Waals surface area (Å²) in [7, 11) is 0. The summed E-state index contributed by atoms with van der Waals surface area (Å²) in [6.07, 6.45) is 4.09. The molecule has 1 saturated carbocycles. The molecule has 100 valence electrons. The molecule has 3 unspecified atom stereocenters. The van der Waals surface area contributed by atoms with Crippen molar-refractivity contribution in [1.29, 1.82) is 0 Å². The van der Waals surface area contributed by atoms with Gasteiger partial charge in [0.1, 0.15) is 5.60 Å². The quantitative estimate of drug-likeness (QED) is 0.719. The van der Waals surface area contributed by atoms with Gasteiger partial charge in [0.05, 0.1) is 12.0 Å². The van der Waals surface area contributed by atoms with Gasteiger partial charge in [0.2, 0.25) is 0 Å². The van der Waals surface area contributed by atoms with Crippen molar-refractivity contribution in [3.63, 3.8) is 0 Å². The Hall–Kier alpha value is -0.570. The van der Waals surface area contributed by atoms with Crippen molar-refractivity contribution in [3.8, 4) is 0 Å². The first-order chi connectivity index (χ1) is 7.79. The number of carbonyl (C=O) groups is 1. The molecule has 0 heterocycles. The summed E-state index contributed by atoms with van der Waals surface area (Å²) in [5.74, 6) is 0.239. The van der Waals surface area contributed by atoms with Gasteiger partial charge in [0.15, 0.2) is 0 Å². The minimum atomic E-state index is -0.404. The Bertz CT molecular complexity index is 255. The zero-order valence-electron chi connectivity index (χ0n) is 11.5. The number of hydrogen-bond acceptors (Lipinski definition) is 3. The summed E-state index contributed by atoms with van der Waals surface area (Å²) >= 11 is 0. The van der Waals surface area contributed by atoms with E-state index in [1.165, 1.54) is 0 Å². The van der Waals surface area contributed by atoms with Gasteiger partial charge in [-0.2, -0.15) is 0 Å². The van der Waals surface area contributed by atoms with Gasteiger partial charge < -0.3 is 9.84 Å². The summed E-state index contributed by atoms with van der Waals surface area (Å²) in [6.45, 7) is 7.80. The minimum absolute atomic E-state index is 0.00160. The molecule has 3 nitrogen and oxygen atoms in total. The SMILES string of the molecule is CC1CCC(O)CCCC1C(=O)OC(C)(C)C. The molecule has 17 heavy (non-hydrogen) atoms. The van der Waals surface area contributed by atoms with E-state index < -0.39 is 5.60 Å². The third-order valence-electron chi connectivity index (χ3n) is 3.40. The van der Waals surface area contributed by atoms with E-state index in [2.05, 4.69) is 6.92 Å². The normalized spacial score (nSPS) is 31.5. The number of carbonyl (C=O) groups excluding carboxylic acids is 1. The number of rotatable bonds is 1. The maximum absolute atomic E-state index is 12.1. The lowest BCUT2D eigenvalue weighted by molar-refractivity contribution is -0.162. The summed E-state index contributed by atoms with van der Waals surface area (Å²) in [5.41, 5.74) is -0.404. The maximum Gasteiger partial charge on any atom is 0.309 e. The molecule has 0 aromatic carbocycles. The van der Waals surface area contributed by atoms with Gasteiger partial charge in [-0.05, 0) is 52.4 Å². The van der Waals surface area contributed by atoms with E-state index in [0.717, 1.165) is 32.1 Å². The Balaban J connectivity index is 2.58. The van der Waals surface area contributed by atoms with E-state index in [9.17, 15) is 9.90 Å². The monoisotopic (exact) mass is 242 g/mol. The highest BCUT2D eigenvalue weighted by atomic mass is 16.6. The Labute approximate surface area is 105 Å². The molecule has 0 spiro atoms. The fourth-order valence-electron chi connectivity index (χ4n) is 2.39. The molecule has 0 aromatic rings. The molecule has 0 aliphatic heterocycles. The van der Waals surface area contributed by atoms with Crippen LogP contribution < -0.4 is 0 Å². The highest BCUT2D eigenvalue weighted by Gasteiger charge is 2.31. The van der Waals surface area contributed by atoms with Crippen LogP contribution in [-0.4, -0.2) is 22.8 Å². The van der Waals surface area contributed by atoms with Crippen molar-refractivity contribution in [2.24, 2.45) is 11.8 Å². The second-order valence-electron chi connectivity index (χ2n) is 6.28. The molecular weight excluding hydrogens is 216 g/mol. The summed E-state index contributed by atoms with van der Waals surface area (Å²) in [5, 5.41) is 9.63. The first kappa shape index (κ1) is 14.5. The van der Waals surface area contributed by atoms with E-state index in [0.29, 0.717) is 5.92 Å². The van der Waals surface area contributed by atoms with Crippen molar-refractivity contribution in [2.75, 3.05) is 0 Å². The molecule has 0 saturated heterocycles. The van der Waals surface area contributed by atoms with Crippen molar-refractivity contribution in [3.05, 3.63) is 0 Å². The Morgan fingerprint density at radius 3 is 2.41 bits per heavy atom. The Morgan fingerprint density at radius 2 is 1.82 bits per heavy atom. The van der Waals surface area contributed by atoms with Crippen LogP contribution in [0.1, 0.15) is 59.8 Å². The molecule has 3 heteroatoms. The molecule has 1 aliphatic carbocycles. The second-order valence-corrected chi connectivity index (χ2v) is 6.28. The first-order valence-corrected chi connectivity index (χ1v) is 6.70. The first-order valence-electron chi connectivity index (χ1n) is 6.70. The molecule has 1 N–H and O–H groups in total. The van der Waals surface area contributed by atoms with Gasteiger partial charge in [-0.15, -0.1) is 0 Å². The van der Waals surface area contributed by atoms with Crippen LogP contribution in [-0.2, 0) is 9.53 Å². The van der Waals surface area contributed by atoms with Crippen molar-refractivity contribution < 1.29 is 14.6 Å². The predicted octanol–water partition coefficient (Wildman–Crippen LogP) is 2.91. The Kier molecular flexibility index (Phi) is 4.99. The molecule has 0 aromatic heterocycles. The van der Waals surface area contributed by atoms with Crippen molar-refractivity contribution in [2.45, 2.75) is 71.5 Å². The summed E-state index contributed by atoms with van der Waals surface area (Å²) in [6, 6.07) is 0. The number of aliphatic hydroxyl groups excluding tert-OH is 1. The summed E-state index contributed by atoms with van der Waals surface area (Å²) < 4.78 is 5.47. The van der Waals surface area contributed by atoms with E-state index in [4.69, 9.17) is 4.74 Å². The minimum Gasteiger partial charge on any atom is -0.460 e. The van der Waals surface area contributed by atoms with Gasteiger partial charge in [0, 0.05) is 0 Å². The fourth-order valence-corrected chi connectivity index (χ4v) is 2.39. The standard InChI is InChI=1S/C14H26O3/c1-10-8-9-11(15)6-5-7-12(10)13(16)17-14(2,3)4/h10-12,15H,5-9H2,1-4H3. The van der Waals surface area contributed by atoms with Crippen LogP contribution in [0.15, 0.2) is 0 Å². The van der Waals surface area contributed by atoms with Crippen molar-refractivity contribution >= 4 is 5.97 Å². The second kappa shape index (κ2) is 5.85. The third kappa shape index (κ3) is 5.07. The van der Waals surface area contributed by atoms with Crippen LogP contribution in [0.3, 0.4) is 0 Å². The summed E-state index contributed by atoms with van der Waals surface area (Å²) in [4.78, 5) is 12.1. The lowest BCUT2D eigenvalue weighted by Crippen LogP contribution is -2.33. The number of esters is 1. The lowest BCUT2D eigenvalue weighted by Gasteiger charge is -2.29. The number of aliphatic hydroxyl groups is 1. The molecule has 1 rings (SSSR count). The molecule has 1 aliphatic rings. The maximum atomic E-state index is 12.1. The Morgan fingerprint density at radius 1 is 1.18 bits per heavy atom. The highest BCUT2D eigenvalue weighted by Crippen LogP contribution is 2.29. The van der Waals surface area contributed by atoms with E-state index in [1.807, 2.05) is 20.8 Å². The van der Waals surface area contributed by atoms with E-state index in [-0.39, 0.29) is 18.0 Å². The van der Waals surface area contributed by atoms with Gasteiger partial charge in [-0.3, -0.25) is 4.79 Å². The topological polar surface area (TPSA) is 46.5 Å². The van der Waals surface area contributed by atoms with Gasteiger partial charge in [-0.1, -0.05) is 13.3 Å². The van der Waals surface area contributed by atoms with E-state index >= 15 is 0 Å². The average Bonchev–Trinajstić information content (AvgIpc) is 2.15. The molecular formula is C14H26O3. The van der Waals surface area contributed by atoms with Gasteiger partial charge in [0.25, 0.3) is 0 Å². The van der Waals surface area contributed by atoms with Gasteiger partial charge >= 0.3 is 5.97 Å². The molecule has 0 bridgehead atoms. The molecule has 0 radical (unpaired) electrons. The average molecular weight is 242 g/mol. The smallest absolute Gasteiger partial charge is 0.309 e. The van der Waals surface area contributed by atoms with Crippen LogP contribution in [0.4, 0.5) is 0 Å². The number of ether oxygens (including phenoxy) is 1. The number of hydrogen-bond donors (Lipinski definition) is 1. The molecule has 1 fully saturated rings. The van der Waals surface area contributed by atoms with E-state index in [1.54, 1.807) is 0 Å². The molecule has 0 amide bonds. The van der Waals surface area contributed by atoms with Crippen LogP contribution >= 0.6 is 0 Å². The highest BCUT2D eigenvalue weighted by molar-refractivity contribution is 5.73. The van der Waals surface area contributed by atoms with Crippen LogP contribution in [0.2, 0.25) is 0 Å². The van der Waals surface area contributed by atoms with Crippen LogP contribution in [0.5, 0.6) is 0 Å². The third-order valence-corrected chi connectivity index (χ3v) is 3.40. The fraction of sp³-hybridized carbons (Fsp3) is 0.929. The molecule has 3 atom stereocenters. The zero-order chi connectivity index (χ0) is 13.1. The largest absolute Gasteiger partial charge is 0.460 e. The van der Waals surface area contributed by atoms with Crippen molar-refractivity contribution in [1.82, 2.24) is 0 Å². The zero-order valence-corrected chi connectivity index (χ0v) is 11.5. The van der Waals surface area contributed by atoms with Gasteiger partial charge in [-0.25, -0.2) is 0 Å². The van der Waals surface area contributed by atoms with Crippen LogP contribution in [0, 0.1) is 11.8 Å². The predicted molar refractivity (Wildman–Crippen MR) is 67.6 cm³/mol. The van der Waals surface area contributed by atoms with Crippen LogP contribution in [0.25, 0.3) is 0 Å². The lowest BCUT2D eigenvalue weighted by atomic mass is 9.82.